The Balaban J connectivity index is 0.00000661. The molecule has 2 aliphatic heterocycles. The molecular formula is C45H46IN7O7S3. The summed E-state index contributed by atoms with van der Waals surface area (Å²) in [4.78, 5) is 70.0. The van der Waals surface area contributed by atoms with Crippen LogP contribution in [0.15, 0.2) is 130 Å². The first-order valence-electron chi connectivity index (χ1n) is 19.5. The molecule has 0 radical (unpaired) electrons. The molecule has 4 heterocycles. The smallest absolute Gasteiger partial charge is 0.408 e. The monoisotopic (exact) mass is 1020 g/mol. The molecule has 2 aliphatic rings. The number of rotatable bonds is 14. The summed E-state index contributed by atoms with van der Waals surface area (Å²) in [7, 11) is 1.30. The number of ether oxygens (including phenoxy) is 1. The molecule has 3 amide bonds. The number of amides is 3. The second kappa shape index (κ2) is 19.9. The minimum Gasteiger partial charge on any atom is -0.477 e. The van der Waals surface area contributed by atoms with Crippen LogP contribution in [0.3, 0.4) is 0 Å². The molecule has 7 rings (SSSR count). The topological polar surface area (TPSA) is 184 Å². The first-order chi connectivity index (χ1) is 29.7. The van der Waals surface area contributed by atoms with Crippen LogP contribution in [0.5, 0.6) is 0 Å². The number of anilines is 1. The zero-order valence-electron chi connectivity index (χ0n) is 35.1. The first-order valence-corrected chi connectivity index (χ1v) is 22.2. The van der Waals surface area contributed by atoms with Gasteiger partial charge in [0.2, 0.25) is 0 Å². The van der Waals surface area contributed by atoms with Crippen LogP contribution in [0.25, 0.3) is 0 Å². The zero-order valence-corrected chi connectivity index (χ0v) is 39.9. The summed E-state index contributed by atoms with van der Waals surface area (Å²) >= 11 is 3.79. The molecule has 63 heavy (non-hydrogen) atoms. The minimum atomic E-state index is -1.34. The third kappa shape index (κ3) is 10.5. The number of β-lactam (4-membered cyclic amide) rings is 1. The number of nitrogens with one attached hydrogen (secondary N) is 3. The fraction of sp³-hybridized carbons (Fsp3) is 0.267. The summed E-state index contributed by atoms with van der Waals surface area (Å²) in [6.45, 7) is 8.93. The number of oxime groups is 1. The number of hydrogen-bond acceptors (Lipinski definition) is 13. The predicted molar refractivity (Wildman–Crippen MR) is 256 cm³/mol. The quantitative estimate of drug-likeness (QED) is 0.0161. The summed E-state index contributed by atoms with van der Waals surface area (Å²) in [5.74, 6) is -2.72. The number of pyridine rings is 1. The van der Waals surface area contributed by atoms with Crippen molar-refractivity contribution in [1.29, 1.82) is 0 Å². The Morgan fingerprint density at radius 3 is 1.95 bits per heavy atom. The number of carbonyl (C=O) groups excluding carboxylic acids is 3. The number of hydrogen-bond donors (Lipinski definition) is 4. The van der Waals surface area contributed by atoms with Gasteiger partial charge in [0.1, 0.15) is 41.1 Å². The van der Waals surface area contributed by atoms with Crippen LogP contribution in [-0.2, 0) is 29.5 Å². The maximum Gasteiger partial charge on any atom is 0.408 e. The van der Waals surface area contributed by atoms with Crippen molar-refractivity contribution < 1.29 is 33.9 Å². The number of fused-ring (bicyclic) bond motifs is 1. The zero-order chi connectivity index (χ0) is 44.2. The van der Waals surface area contributed by atoms with Gasteiger partial charge in [0.25, 0.3) is 11.8 Å². The fourth-order valence-electron chi connectivity index (χ4n) is 7.26. The molecule has 14 nitrogen and oxygen atoms in total. The van der Waals surface area contributed by atoms with Crippen LogP contribution < -0.4 is 16.0 Å². The molecule has 2 aromatic heterocycles. The second-order valence-corrected chi connectivity index (χ2v) is 18.8. The third-order valence-corrected chi connectivity index (χ3v) is 13.3. The van der Waals surface area contributed by atoms with Crippen LogP contribution >= 0.6 is 58.8 Å². The molecule has 1 fully saturated rings. The van der Waals surface area contributed by atoms with Crippen molar-refractivity contribution in [3.8, 4) is 0 Å². The number of thioether (sulfide) groups is 2. The summed E-state index contributed by atoms with van der Waals surface area (Å²) in [6, 6.07) is 32.5. The van der Waals surface area contributed by atoms with Crippen molar-refractivity contribution in [2.45, 2.75) is 72.7 Å². The van der Waals surface area contributed by atoms with Gasteiger partial charge in [0.05, 0.1) is 10.6 Å². The van der Waals surface area contributed by atoms with Gasteiger partial charge in [-0.05, 0) is 69.5 Å². The molecule has 3 aromatic carbocycles. The highest BCUT2D eigenvalue weighted by Gasteiger charge is 2.55. The van der Waals surface area contributed by atoms with Crippen LogP contribution in [0.4, 0.5) is 9.93 Å². The number of benzene rings is 3. The fourth-order valence-corrected chi connectivity index (χ4v) is 10.9. The van der Waals surface area contributed by atoms with Crippen molar-refractivity contribution >= 4 is 93.6 Å². The van der Waals surface area contributed by atoms with Gasteiger partial charge in [0.15, 0.2) is 10.8 Å². The van der Waals surface area contributed by atoms with Gasteiger partial charge in [-0.1, -0.05) is 108 Å². The summed E-state index contributed by atoms with van der Waals surface area (Å²) in [5, 5.41) is 23.6. The number of aromatic nitrogens is 2. The van der Waals surface area contributed by atoms with E-state index >= 15 is 0 Å². The number of carboxylic acids is 1. The van der Waals surface area contributed by atoms with Crippen molar-refractivity contribution in [2.75, 3.05) is 12.4 Å². The maximum atomic E-state index is 14.2. The number of nitrogens with zero attached hydrogens (tertiary/aromatic N) is 4. The predicted octanol–water partition coefficient (Wildman–Crippen LogP) is 7.91. The Morgan fingerprint density at radius 2 is 1.44 bits per heavy atom. The molecule has 0 aliphatic carbocycles. The molecular weight excluding hydrogens is 974 g/mol. The Bertz CT molecular complexity index is 2400. The Morgan fingerprint density at radius 1 is 0.889 bits per heavy atom. The maximum absolute atomic E-state index is 14.2. The van der Waals surface area contributed by atoms with Crippen LogP contribution in [0.1, 0.15) is 54.5 Å². The van der Waals surface area contributed by atoms with E-state index in [1.165, 1.54) is 48.0 Å². The highest BCUT2D eigenvalue weighted by Crippen LogP contribution is 2.45. The molecule has 0 bridgehead atoms. The number of aliphatic carboxylic acids is 1. The average Bonchev–Trinajstić information content (AvgIpc) is 3.70. The van der Waals surface area contributed by atoms with Crippen molar-refractivity contribution in [1.82, 2.24) is 25.5 Å². The normalized spacial score (nSPS) is 17.8. The van der Waals surface area contributed by atoms with Gasteiger partial charge in [-0.2, -0.15) is 0 Å². The number of aryl methyl sites for hydroxylation is 2. The molecule has 0 saturated carbocycles. The lowest BCUT2D eigenvalue weighted by Crippen LogP contribution is -2.71. The molecule has 4 atom stereocenters. The Kier molecular flexibility index (Phi) is 14.9. The van der Waals surface area contributed by atoms with Crippen molar-refractivity contribution in [3.63, 3.8) is 0 Å². The summed E-state index contributed by atoms with van der Waals surface area (Å²) in [6.07, 6.45) is 0.739. The molecule has 5 aromatic rings. The standard InChI is InChI=1S/C45H45N7O7S3.HI/c1-26-22-31(23-27(2)46-26)61-38(49-43(57)59-44(3,4)5)34-24-33(41(55)56)52-39(54)36(40(52)62-34)48-37(53)35(51-58-6)32-25-60-42(47-32)50-45(28-16-10-7-11-17-28,29-18-12-8-13-19-29)30-20-14-9-15-21-30;/h7-25,34,36,38,40H,1-6H3,(H,47,50)(H,48,53)(H,49,57)(H,55,56);1H/b51-35-;/t34?,36?,38?,40-;/m0./s1. The van der Waals surface area contributed by atoms with E-state index in [9.17, 15) is 24.3 Å². The van der Waals surface area contributed by atoms with E-state index in [1.54, 1.807) is 26.2 Å². The molecule has 0 spiro atoms. The van der Waals surface area contributed by atoms with E-state index in [1.807, 2.05) is 117 Å². The van der Waals surface area contributed by atoms with E-state index in [0.29, 0.717) is 5.13 Å². The lowest BCUT2D eigenvalue weighted by atomic mass is 9.77. The number of alkyl carbamates (subject to hydrolysis) is 1. The number of carboxylic acid groups (broad SMARTS) is 1. The molecule has 3 unspecified atom stereocenters. The Hall–Kier alpha value is -5.44. The first kappa shape index (κ1) is 47.0. The molecule has 18 heteroatoms. The van der Waals surface area contributed by atoms with Gasteiger partial charge >= 0.3 is 12.1 Å². The summed E-state index contributed by atoms with van der Waals surface area (Å²) < 4.78 is 5.58. The second-order valence-electron chi connectivity index (χ2n) is 15.4. The highest BCUT2D eigenvalue weighted by atomic mass is 127. The molecule has 4 N–H and O–H groups in total. The largest absolute Gasteiger partial charge is 0.477 e. The van der Waals surface area contributed by atoms with Gasteiger partial charge in [-0.3, -0.25) is 19.5 Å². The van der Waals surface area contributed by atoms with E-state index in [-0.39, 0.29) is 41.1 Å². The van der Waals surface area contributed by atoms with Gasteiger partial charge in [-0.15, -0.1) is 47.1 Å². The van der Waals surface area contributed by atoms with Crippen LogP contribution in [-0.4, -0.2) is 84.3 Å². The van der Waals surface area contributed by atoms with Crippen molar-refractivity contribution in [2.24, 2.45) is 5.16 Å². The highest BCUT2D eigenvalue weighted by molar-refractivity contribution is 14.0. The minimum absolute atomic E-state index is 0. The number of thiazole rings is 1. The van der Waals surface area contributed by atoms with Gasteiger partial charge in [0, 0.05) is 21.7 Å². The van der Waals surface area contributed by atoms with E-state index in [4.69, 9.17) is 14.6 Å². The van der Waals surface area contributed by atoms with Gasteiger partial charge < -0.3 is 30.6 Å². The Labute approximate surface area is 394 Å². The van der Waals surface area contributed by atoms with Crippen LogP contribution in [0.2, 0.25) is 0 Å². The van der Waals surface area contributed by atoms with Crippen LogP contribution in [0, 0.1) is 13.8 Å². The van der Waals surface area contributed by atoms with E-state index < -0.39 is 57.1 Å². The summed E-state index contributed by atoms with van der Waals surface area (Å²) in [5.41, 5.74) is 2.42. The molecule has 1 saturated heterocycles. The molecule has 328 valence electrons. The third-order valence-electron chi connectivity index (χ3n) is 9.76. The SMILES string of the molecule is CO/N=C(\C(=O)NC1C(=O)N2C(C(=O)O)=CC(C(NC(=O)OC(C)(C)C)Sc3cc(C)nc(C)c3)S[C@@H]12)c1csc(NC(c2ccccc2)(c2ccccc2)c2ccccc2)n1.I. The number of halogens is 1. The van der Waals surface area contributed by atoms with E-state index in [2.05, 4.69) is 26.1 Å². The van der Waals surface area contributed by atoms with E-state index in [0.717, 1.165) is 37.9 Å². The van der Waals surface area contributed by atoms with Gasteiger partial charge in [-0.25, -0.2) is 14.6 Å². The van der Waals surface area contributed by atoms with Crippen molar-refractivity contribution in [3.05, 3.63) is 154 Å². The number of carbonyl (C=O) groups is 4. The lowest BCUT2D eigenvalue weighted by molar-refractivity contribution is -0.150. The average molecular weight is 1020 g/mol. The lowest BCUT2D eigenvalue weighted by Gasteiger charge is -2.50.